The smallest absolute Gasteiger partial charge is 0.253 e. The molecule has 2 atom stereocenters. The third-order valence-corrected chi connectivity index (χ3v) is 6.47. The number of likely N-dealkylation sites (tertiary alicyclic amines) is 2. The molecule has 0 unspecified atom stereocenters. The molecular weight excluding hydrogens is 488 g/mol. The van der Waals surface area contributed by atoms with Gasteiger partial charge in [0.1, 0.15) is 12.1 Å². The van der Waals surface area contributed by atoms with Crippen LogP contribution in [0.4, 0.5) is 0 Å². The van der Waals surface area contributed by atoms with Gasteiger partial charge in [0.15, 0.2) is 0 Å². The average Bonchev–Trinajstić information content (AvgIpc) is 2.90. The van der Waals surface area contributed by atoms with Crippen molar-refractivity contribution in [3.05, 3.63) is 37.5 Å². The number of nitrogens with zero attached hydrogens (tertiary/aromatic N) is 2. The average molecular weight is 529 g/mol. The van der Waals surface area contributed by atoms with Crippen LogP contribution in [-0.2, 0) is 28.8 Å². The normalized spacial score (nSPS) is 18.5. The Morgan fingerprint density at radius 2 is 1.05 bits per heavy atom. The maximum Gasteiger partial charge on any atom is 0.253 e. The number of allylic oxidation sites excluding steroid dienone is 4. The van der Waals surface area contributed by atoms with Gasteiger partial charge in [-0.3, -0.25) is 38.6 Å². The second kappa shape index (κ2) is 16.3. The Labute approximate surface area is 224 Å². The maximum absolute atomic E-state index is 12.2. The summed E-state index contributed by atoms with van der Waals surface area (Å²) in [6.07, 6.45) is 14.3. The SMILES string of the molecule is C=CCCC(=O)N[C@H]1CN(C(=O)CCCC/C=C/CCCCC(=O)N2C[C@H](NC(=O)CCC=C)C2=O)C1=O. The van der Waals surface area contributed by atoms with Crippen LogP contribution >= 0.6 is 0 Å². The molecule has 2 aliphatic heterocycles. The standard InChI is InChI=1S/C28H40N4O6/c1-3-5-15-23(33)29-21-19-31(27(21)37)25(35)17-13-11-9-7-8-10-12-14-18-26(36)32-20-22(28(32)38)30-24(34)16-6-4-2/h3-4,7-8,21-22H,1-2,5-6,9-20H2,(H,29,33)(H,30,34)/b8-7+/t21-,22-/m0/s1. The van der Waals surface area contributed by atoms with Crippen LogP contribution in [0.25, 0.3) is 0 Å². The fourth-order valence-corrected chi connectivity index (χ4v) is 4.10. The first-order chi connectivity index (χ1) is 18.3. The van der Waals surface area contributed by atoms with Gasteiger partial charge in [-0.2, -0.15) is 0 Å². The molecule has 2 N–H and O–H groups in total. The number of imide groups is 2. The van der Waals surface area contributed by atoms with Crippen LogP contribution in [-0.4, -0.2) is 70.4 Å². The zero-order valence-corrected chi connectivity index (χ0v) is 22.1. The van der Waals surface area contributed by atoms with E-state index in [9.17, 15) is 28.8 Å². The summed E-state index contributed by atoms with van der Waals surface area (Å²) in [4.78, 5) is 74.2. The van der Waals surface area contributed by atoms with E-state index in [1.54, 1.807) is 12.2 Å². The van der Waals surface area contributed by atoms with E-state index in [1.807, 2.05) is 0 Å². The lowest BCUT2D eigenvalue weighted by Crippen LogP contribution is -2.65. The number of rotatable bonds is 18. The molecular formula is C28H40N4O6. The minimum Gasteiger partial charge on any atom is -0.343 e. The van der Waals surface area contributed by atoms with Crippen LogP contribution in [0.5, 0.6) is 0 Å². The monoisotopic (exact) mass is 528 g/mol. The first kappa shape index (κ1) is 30.7. The number of nitrogens with one attached hydrogen (secondary N) is 2. The Kier molecular flexibility index (Phi) is 13.2. The lowest BCUT2D eigenvalue weighted by molar-refractivity contribution is -0.158. The van der Waals surface area contributed by atoms with Gasteiger partial charge in [0.2, 0.25) is 23.6 Å². The highest BCUT2D eigenvalue weighted by Crippen LogP contribution is 2.16. The molecule has 0 aliphatic carbocycles. The Morgan fingerprint density at radius 1 is 0.658 bits per heavy atom. The molecule has 2 aliphatic rings. The van der Waals surface area contributed by atoms with E-state index in [-0.39, 0.29) is 61.4 Å². The summed E-state index contributed by atoms with van der Waals surface area (Å²) in [7, 11) is 0. The number of amides is 6. The Morgan fingerprint density at radius 3 is 1.39 bits per heavy atom. The van der Waals surface area contributed by atoms with Crippen molar-refractivity contribution in [3.63, 3.8) is 0 Å². The van der Waals surface area contributed by atoms with Gasteiger partial charge in [-0.25, -0.2) is 0 Å². The predicted molar refractivity (Wildman–Crippen MR) is 142 cm³/mol. The molecule has 10 heteroatoms. The van der Waals surface area contributed by atoms with E-state index >= 15 is 0 Å². The highest BCUT2D eigenvalue weighted by Gasteiger charge is 2.41. The molecule has 2 heterocycles. The summed E-state index contributed by atoms with van der Waals surface area (Å²) in [5, 5.41) is 5.26. The second-order valence-electron chi connectivity index (χ2n) is 9.54. The van der Waals surface area contributed by atoms with Crippen molar-refractivity contribution in [2.75, 3.05) is 13.1 Å². The highest BCUT2D eigenvalue weighted by atomic mass is 16.2. The first-order valence-corrected chi connectivity index (χ1v) is 13.4. The van der Waals surface area contributed by atoms with E-state index < -0.39 is 12.1 Å². The summed E-state index contributed by atoms with van der Waals surface area (Å²) in [5.41, 5.74) is 0. The third-order valence-electron chi connectivity index (χ3n) is 6.47. The van der Waals surface area contributed by atoms with Crippen molar-refractivity contribution in [1.82, 2.24) is 20.4 Å². The minimum absolute atomic E-state index is 0.206. The topological polar surface area (TPSA) is 133 Å². The lowest BCUT2D eigenvalue weighted by Gasteiger charge is -2.37. The quantitative estimate of drug-likeness (QED) is 0.159. The molecule has 38 heavy (non-hydrogen) atoms. The van der Waals surface area contributed by atoms with E-state index in [0.29, 0.717) is 38.5 Å². The van der Waals surface area contributed by atoms with Gasteiger partial charge >= 0.3 is 0 Å². The zero-order chi connectivity index (χ0) is 27.9. The summed E-state index contributed by atoms with van der Waals surface area (Å²) in [6, 6.07) is -1.20. The number of β-lactam (4-membered cyclic amide) rings is 2. The van der Waals surface area contributed by atoms with Crippen LogP contribution in [0.3, 0.4) is 0 Å². The van der Waals surface area contributed by atoms with Gasteiger partial charge in [-0.05, 0) is 51.4 Å². The van der Waals surface area contributed by atoms with Crippen molar-refractivity contribution in [2.45, 2.75) is 89.1 Å². The molecule has 0 bridgehead atoms. The first-order valence-electron chi connectivity index (χ1n) is 13.4. The molecule has 6 amide bonds. The van der Waals surface area contributed by atoms with Crippen molar-refractivity contribution in [2.24, 2.45) is 0 Å². The van der Waals surface area contributed by atoms with E-state index in [4.69, 9.17) is 0 Å². The summed E-state index contributed by atoms with van der Waals surface area (Å²) in [5.74, 6) is -1.52. The summed E-state index contributed by atoms with van der Waals surface area (Å²) < 4.78 is 0. The molecule has 2 fully saturated rings. The molecule has 0 aromatic heterocycles. The number of unbranched alkanes of at least 4 members (excludes halogenated alkanes) is 4. The van der Waals surface area contributed by atoms with Crippen LogP contribution in [0.15, 0.2) is 37.5 Å². The van der Waals surface area contributed by atoms with Gasteiger partial charge < -0.3 is 10.6 Å². The minimum atomic E-state index is -0.599. The molecule has 0 aromatic rings. The Balaban J connectivity index is 1.45. The number of hydrogen-bond acceptors (Lipinski definition) is 6. The van der Waals surface area contributed by atoms with Gasteiger partial charge in [0, 0.05) is 25.7 Å². The highest BCUT2D eigenvalue weighted by molar-refractivity contribution is 6.05. The van der Waals surface area contributed by atoms with E-state index in [1.165, 1.54) is 9.80 Å². The Hall–Kier alpha value is -3.56. The lowest BCUT2D eigenvalue weighted by atomic mass is 10.0. The largest absolute Gasteiger partial charge is 0.343 e. The second-order valence-corrected chi connectivity index (χ2v) is 9.54. The fraction of sp³-hybridized carbons (Fsp3) is 0.571. The predicted octanol–water partition coefficient (Wildman–Crippen LogP) is 2.30. The Bertz CT molecular complexity index is 870. The molecule has 2 saturated heterocycles. The molecule has 10 nitrogen and oxygen atoms in total. The number of carbonyl (C=O) groups excluding carboxylic acids is 6. The molecule has 0 saturated carbocycles. The zero-order valence-electron chi connectivity index (χ0n) is 22.1. The molecule has 208 valence electrons. The van der Waals surface area contributed by atoms with Crippen molar-refractivity contribution >= 4 is 35.4 Å². The fourth-order valence-electron chi connectivity index (χ4n) is 4.10. The van der Waals surface area contributed by atoms with Gasteiger partial charge in [-0.1, -0.05) is 24.3 Å². The molecule has 0 radical (unpaired) electrons. The van der Waals surface area contributed by atoms with Crippen molar-refractivity contribution in [3.8, 4) is 0 Å². The molecule has 0 spiro atoms. The number of hydrogen-bond donors (Lipinski definition) is 2. The van der Waals surface area contributed by atoms with Crippen LogP contribution < -0.4 is 10.6 Å². The summed E-state index contributed by atoms with van der Waals surface area (Å²) >= 11 is 0. The van der Waals surface area contributed by atoms with Crippen molar-refractivity contribution < 1.29 is 28.8 Å². The maximum atomic E-state index is 12.2. The van der Waals surface area contributed by atoms with Gasteiger partial charge in [0.05, 0.1) is 13.1 Å². The third kappa shape index (κ3) is 9.72. The van der Waals surface area contributed by atoms with Crippen molar-refractivity contribution in [1.29, 1.82) is 0 Å². The van der Waals surface area contributed by atoms with Gasteiger partial charge in [-0.15, -0.1) is 13.2 Å². The van der Waals surface area contributed by atoms with Gasteiger partial charge in [0.25, 0.3) is 11.8 Å². The van der Waals surface area contributed by atoms with Crippen LogP contribution in [0.1, 0.15) is 77.0 Å². The molecule has 2 rings (SSSR count). The van der Waals surface area contributed by atoms with E-state index in [2.05, 4.69) is 35.9 Å². The molecule has 0 aromatic carbocycles. The van der Waals surface area contributed by atoms with Crippen LogP contribution in [0, 0.1) is 0 Å². The van der Waals surface area contributed by atoms with Crippen LogP contribution in [0.2, 0.25) is 0 Å². The summed E-state index contributed by atoms with van der Waals surface area (Å²) in [6.45, 7) is 7.58. The number of carbonyl (C=O) groups is 6. The van der Waals surface area contributed by atoms with E-state index in [0.717, 1.165) is 25.7 Å².